The first kappa shape index (κ1) is 13.6. The van der Waals surface area contributed by atoms with E-state index < -0.39 is 0 Å². The summed E-state index contributed by atoms with van der Waals surface area (Å²) in [7, 11) is 0. The van der Waals surface area contributed by atoms with E-state index in [2.05, 4.69) is 15.5 Å². The molecule has 0 atom stereocenters. The lowest BCUT2D eigenvalue weighted by Crippen LogP contribution is -2.00. The molecule has 0 amide bonds. The lowest BCUT2D eigenvalue weighted by Gasteiger charge is -2.06. The number of nitrogens with one attached hydrogen (secondary N) is 1. The maximum Gasteiger partial charge on any atom is 0.247 e. The molecule has 0 aliphatic rings. The third-order valence-electron chi connectivity index (χ3n) is 3.04. The normalized spacial score (nSPS) is 10.6. The largest absolute Gasteiger partial charge is 0.419 e. The van der Waals surface area contributed by atoms with Gasteiger partial charge in [-0.25, -0.2) is 0 Å². The van der Waals surface area contributed by atoms with E-state index in [0.29, 0.717) is 23.3 Å². The van der Waals surface area contributed by atoms with E-state index in [9.17, 15) is 0 Å². The van der Waals surface area contributed by atoms with Gasteiger partial charge in [-0.05, 0) is 36.8 Å². The molecule has 1 N–H and O–H groups in total. The third-order valence-corrected chi connectivity index (χ3v) is 3.35. The van der Waals surface area contributed by atoms with Crippen molar-refractivity contribution in [2.45, 2.75) is 13.5 Å². The van der Waals surface area contributed by atoms with Crippen LogP contribution >= 0.6 is 11.6 Å². The molecule has 1 heterocycles. The second-order valence-electron chi connectivity index (χ2n) is 4.70. The van der Waals surface area contributed by atoms with Crippen molar-refractivity contribution in [1.82, 2.24) is 10.2 Å². The van der Waals surface area contributed by atoms with Crippen molar-refractivity contribution in [2.75, 3.05) is 5.32 Å². The smallest absolute Gasteiger partial charge is 0.247 e. The van der Waals surface area contributed by atoms with Gasteiger partial charge >= 0.3 is 0 Å². The zero-order valence-corrected chi connectivity index (χ0v) is 12.3. The molecule has 21 heavy (non-hydrogen) atoms. The molecule has 4 nitrogen and oxygen atoms in total. The highest BCUT2D eigenvalue weighted by molar-refractivity contribution is 6.33. The maximum atomic E-state index is 6.17. The van der Waals surface area contributed by atoms with Crippen molar-refractivity contribution < 1.29 is 4.42 Å². The number of nitrogens with zero attached hydrogens (tertiary/aromatic N) is 2. The first-order valence-electron chi connectivity index (χ1n) is 6.60. The maximum absolute atomic E-state index is 6.17. The molecule has 0 radical (unpaired) electrons. The zero-order valence-electron chi connectivity index (χ0n) is 11.5. The summed E-state index contributed by atoms with van der Waals surface area (Å²) in [6, 6.07) is 15.5. The Kier molecular flexibility index (Phi) is 3.88. The summed E-state index contributed by atoms with van der Waals surface area (Å²) in [5.41, 5.74) is 2.88. The van der Waals surface area contributed by atoms with Gasteiger partial charge in [-0.2, -0.15) is 0 Å². The molecular formula is C16H14ClN3O. The van der Waals surface area contributed by atoms with E-state index in [1.54, 1.807) is 0 Å². The van der Waals surface area contributed by atoms with Crippen LogP contribution in [0.2, 0.25) is 5.02 Å². The summed E-state index contributed by atoms with van der Waals surface area (Å²) < 4.78 is 5.63. The summed E-state index contributed by atoms with van der Waals surface area (Å²) in [6.07, 6.45) is 0. The Morgan fingerprint density at radius 2 is 1.90 bits per heavy atom. The molecule has 0 aliphatic carbocycles. The Morgan fingerprint density at radius 3 is 2.67 bits per heavy atom. The number of benzene rings is 2. The molecule has 106 valence electrons. The minimum atomic E-state index is 0.433. The molecule has 0 aliphatic heterocycles. The van der Waals surface area contributed by atoms with Crippen LogP contribution in [0.5, 0.6) is 0 Å². The van der Waals surface area contributed by atoms with Gasteiger partial charge in [0.05, 0.1) is 17.3 Å². The van der Waals surface area contributed by atoms with Gasteiger partial charge in [-0.15, -0.1) is 10.2 Å². The molecule has 0 unspecified atom stereocenters. The van der Waals surface area contributed by atoms with Crippen molar-refractivity contribution in [3.05, 3.63) is 65.0 Å². The summed E-state index contributed by atoms with van der Waals surface area (Å²) in [4.78, 5) is 0. The molecule has 3 aromatic rings. The van der Waals surface area contributed by atoms with E-state index in [1.165, 1.54) is 0 Å². The van der Waals surface area contributed by atoms with Crippen LogP contribution in [-0.2, 0) is 6.54 Å². The van der Waals surface area contributed by atoms with Gasteiger partial charge in [-0.1, -0.05) is 35.9 Å². The predicted molar refractivity (Wildman–Crippen MR) is 83.2 cm³/mol. The Labute approximate surface area is 127 Å². The Hall–Kier alpha value is -2.33. The SMILES string of the molecule is Cc1ccc(NCc2nnc(-c3ccccc3)o2)c(Cl)c1. The zero-order chi connectivity index (χ0) is 14.7. The third kappa shape index (κ3) is 3.23. The number of aromatic nitrogens is 2. The first-order valence-corrected chi connectivity index (χ1v) is 6.98. The Bertz CT molecular complexity index is 740. The standard InChI is InChI=1S/C16H14ClN3O/c1-11-7-8-14(13(17)9-11)18-10-15-19-20-16(21-15)12-5-3-2-4-6-12/h2-9,18H,10H2,1H3. The fourth-order valence-corrected chi connectivity index (χ4v) is 2.26. The minimum absolute atomic E-state index is 0.433. The quantitative estimate of drug-likeness (QED) is 0.780. The highest BCUT2D eigenvalue weighted by Gasteiger charge is 2.08. The van der Waals surface area contributed by atoms with E-state index >= 15 is 0 Å². The molecule has 0 spiro atoms. The number of hydrogen-bond acceptors (Lipinski definition) is 4. The average molecular weight is 300 g/mol. The van der Waals surface area contributed by atoms with Crippen LogP contribution in [0.25, 0.3) is 11.5 Å². The molecule has 1 aromatic heterocycles. The van der Waals surface area contributed by atoms with Crippen molar-refractivity contribution in [2.24, 2.45) is 0 Å². The van der Waals surface area contributed by atoms with Crippen LogP contribution in [0, 0.1) is 6.92 Å². The van der Waals surface area contributed by atoms with Crippen LogP contribution in [0.1, 0.15) is 11.5 Å². The van der Waals surface area contributed by atoms with Gasteiger partial charge in [0.1, 0.15) is 0 Å². The van der Waals surface area contributed by atoms with Gasteiger partial charge < -0.3 is 9.73 Å². The summed E-state index contributed by atoms with van der Waals surface area (Å²) in [5.74, 6) is 1.04. The highest BCUT2D eigenvalue weighted by atomic mass is 35.5. The minimum Gasteiger partial charge on any atom is -0.419 e. The second-order valence-corrected chi connectivity index (χ2v) is 5.11. The van der Waals surface area contributed by atoms with Crippen molar-refractivity contribution in [1.29, 1.82) is 0 Å². The molecular weight excluding hydrogens is 286 g/mol. The molecule has 0 saturated heterocycles. The van der Waals surface area contributed by atoms with Crippen LogP contribution in [-0.4, -0.2) is 10.2 Å². The average Bonchev–Trinajstić information content (AvgIpc) is 2.96. The van der Waals surface area contributed by atoms with Crippen molar-refractivity contribution in [3.63, 3.8) is 0 Å². The second kappa shape index (κ2) is 5.97. The van der Waals surface area contributed by atoms with Crippen LogP contribution in [0.3, 0.4) is 0 Å². The number of anilines is 1. The number of hydrogen-bond donors (Lipinski definition) is 1. The van der Waals surface area contributed by atoms with Crippen LogP contribution in [0.4, 0.5) is 5.69 Å². The van der Waals surface area contributed by atoms with Crippen LogP contribution in [0.15, 0.2) is 52.9 Å². The lowest BCUT2D eigenvalue weighted by atomic mass is 10.2. The molecule has 5 heteroatoms. The molecule has 3 rings (SSSR count). The topological polar surface area (TPSA) is 51.0 Å². The summed E-state index contributed by atoms with van der Waals surface area (Å²) in [5, 5.41) is 11.9. The molecule has 0 saturated carbocycles. The number of rotatable bonds is 4. The van der Waals surface area contributed by atoms with Gasteiger partial charge in [0.25, 0.3) is 0 Å². The summed E-state index contributed by atoms with van der Waals surface area (Å²) in [6.45, 7) is 2.43. The fraction of sp³-hybridized carbons (Fsp3) is 0.125. The van der Waals surface area contributed by atoms with Gasteiger partial charge in [0, 0.05) is 5.56 Å². The highest BCUT2D eigenvalue weighted by Crippen LogP contribution is 2.23. The van der Waals surface area contributed by atoms with Crippen molar-refractivity contribution in [3.8, 4) is 11.5 Å². The van der Waals surface area contributed by atoms with Crippen LogP contribution < -0.4 is 5.32 Å². The monoisotopic (exact) mass is 299 g/mol. The predicted octanol–water partition coefficient (Wildman–Crippen LogP) is 4.31. The fourth-order valence-electron chi connectivity index (χ4n) is 1.96. The number of aryl methyl sites for hydroxylation is 1. The molecule has 0 bridgehead atoms. The molecule has 2 aromatic carbocycles. The van der Waals surface area contributed by atoms with Crippen molar-refractivity contribution >= 4 is 17.3 Å². The van der Waals surface area contributed by atoms with Gasteiger partial charge in [0.2, 0.25) is 11.8 Å². The van der Waals surface area contributed by atoms with E-state index in [1.807, 2.05) is 55.5 Å². The van der Waals surface area contributed by atoms with E-state index in [4.69, 9.17) is 16.0 Å². The van der Waals surface area contributed by atoms with Gasteiger partial charge in [-0.3, -0.25) is 0 Å². The lowest BCUT2D eigenvalue weighted by molar-refractivity contribution is 0.515. The number of halogens is 1. The molecule has 0 fully saturated rings. The Balaban J connectivity index is 1.70. The summed E-state index contributed by atoms with van der Waals surface area (Å²) >= 11 is 6.17. The first-order chi connectivity index (χ1) is 10.2. The van der Waals surface area contributed by atoms with E-state index in [-0.39, 0.29) is 0 Å². The Morgan fingerprint density at radius 1 is 1.10 bits per heavy atom. The van der Waals surface area contributed by atoms with Gasteiger partial charge in [0.15, 0.2) is 0 Å². The van der Waals surface area contributed by atoms with E-state index in [0.717, 1.165) is 16.8 Å².